The van der Waals surface area contributed by atoms with Crippen molar-refractivity contribution < 1.29 is 27.0 Å². The molecule has 0 heterocycles. The van der Waals surface area contributed by atoms with Gasteiger partial charge in [0.15, 0.2) is 0 Å². The molecule has 0 aliphatic carbocycles. The molecular weight excluding hydrogens is 234 g/mol. The molecule has 0 aromatic heterocycles. The first kappa shape index (κ1) is 15.1. The zero-order valence-corrected chi connectivity index (χ0v) is 10.4. The van der Waals surface area contributed by atoms with Gasteiger partial charge in [0.2, 0.25) is 6.73 Å². The summed E-state index contributed by atoms with van der Waals surface area (Å²) in [7, 11) is -0.332. The van der Waals surface area contributed by atoms with Gasteiger partial charge in [-0.3, -0.25) is 9.04 Å². The molecule has 0 aromatic carbocycles. The van der Waals surface area contributed by atoms with Crippen molar-refractivity contribution in [3.8, 4) is 0 Å². The van der Waals surface area contributed by atoms with Crippen molar-refractivity contribution in [2.45, 2.75) is 6.42 Å². The molecule has 0 atom stereocenters. The second-order valence-electron chi connectivity index (χ2n) is 4.10. The average Bonchev–Trinajstić information content (AvgIpc) is 2.12. The Hall–Kier alpha value is -0.920. The van der Waals surface area contributed by atoms with Crippen LogP contribution in [-0.4, -0.2) is 56.5 Å². The van der Waals surface area contributed by atoms with Gasteiger partial charge in [0, 0.05) is 12.5 Å². The SMILES string of the molecule is C=CC(=O)OC[N+](C)(C)CCCS(=O)(=O)O. The van der Waals surface area contributed by atoms with Crippen LogP contribution in [0.1, 0.15) is 6.42 Å². The summed E-state index contributed by atoms with van der Waals surface area (Å²) in [6, 6.07) is 0. The van der Waals surface area contributed by atoms with Crippen LogP contribution in [-0.2, 0) is 19.6 Å². The summed E-state index contributed by atoms with van der Waals surface area (Å²) in [5.74, 6) is -0.801. The van der Waals surface area contributed by atoms with E-state index in [1.54, 1.807) is 14.1 Å². The summed E-state index contributed by atoms with van der Waals surface area (Å²) >= 11 is 0. The predicted octanol–water partition coefficient (Wildman–Crippen LogP) is 0.0274. The molecule has 0 bridgehead atoms. The monoisotopic (exact) mass is 252 g/mol. The largest absolute Gasteiger partial charge is 0.412 e. The zero-order chi connectivity index (χ0) is 12.8. The maximum Gasteiger partial charge on any atom is 0.334 e. The Balaban J connectivity index is 3.96. The summed E-state index contributed by atoms with van der Waals surface area (Å²) in [6.07, 6.45) is 1.37. The minimum absolute atomic E-state index is 0.135. The number of quaternary nitrogens is 1. The van der Waals surface area contributed by atoms with Gasteiger partial charge in [0.05, 0.1) is 26.4 Å². The van der Waals surface area contributed by atoms with Gasteiger partial charge in [0.25, 0.3) is 10.1 Å². The van der Waals surface area contributed by atoms with Crippen LogP contribution in [0.4, 0.5) is 0 Å². The first-order chi connectivity index (χ1) is 7.16. The molecular formula is C9H18NO5S+. The van der Waals surface area contributed by atoms with E-state index in [9.17, 15) is 13.2 Å². The predicted molar refractivity (Wildman–Crippen MR) is 59.2 cm³/mol. The minimum atomic E-state index is -3.92. The van der Waals surface area contributed by atoms with E-state index in [4.69, 9.17) is 9.29 Å². The molecule has 0 aliphatic heterocycles. The van der Waals surface area contributed by atoms with Gasteiger partial charge in [-0.1, -0.05) is 6.58 Å². The second kappa shape index (κ2) is 5.97. The molecule has 0 radical (unpaired) electrons. The van der Waals surface area contributed by atoms with E-state index in [2.05, 4.69) is 6.58 Å². The van der Waals surface area contributed by atoms with Crippen LogP contribution in [0.25, 0.3) is 0 Å². The molecule has 0 rings (SSSR count). The molecule has 1 N–H and O–H groups in total. The Morgan fingerprint density at radius 1 is 1.50 bits per heavy atom. The van der Waals surface area contributed by atoms with Crippen LogP contribution in [0.3, 0.4) is 0 Å². The fraction of sp³-hybridized carbons (Fsp3) is 0.667. The van der Waals surface area contributed by atoms with Crippen molar-refractivity contribution in [1.82, 2.24) is 0 Å². The van der Waals surface area contributed by atoms with Gasteiger partial charge >= 0.3 is 5.97 Å². The lowest BCUT2D eigenvalue weighted by atomic mass is 10.4. The van der Waals surface area contributed by atoms with Crippen molar-refractivity contribution in [1.29, 1.82) is 0 Å². The molecule has 0 amide bonds. The van der Waals surface area contributed by atoms with Crippen molar-refractivity contribution >= 4 is 16.1 Å². The van der Waals surface area contributed by atoms with E-state index in [0.29, 0.717) is 17.4 Å². The van der Waals surface area contributed by atoms with E-state index in [1.165, 1.54) is 0 Å². The van der Waals surface area contributed by atoms with Crippen LogP contribution in [0.15, 0.2) is 12.7 Å². The number of ether oxygens (including phenoxy) is 1. The van der Waals surface area contributed by atoms with E-state index < -0.39 is 16.1 Å². The molecule has 6 nitrogen and oxygen atoms in total. The number of hydrogen-bond donors (Lipinski definition) is 1. The minimum Gasteiger partial charge on any atom is -0.412 e. The van der Waals surface area contributed by atoms with Gasteiger partial charge in [-0.25, -0.2) is 4.79 Å². The van der Waals surface area contributed by atoms with Gasteiger partial charge in [-0.05, 0) is 0 Å². The molecule has 16 heavy (non-hydrogen) atoms. The highest BCUT2D eigenvalue weighted by atomic mass is 32.2. The molecule has 0 fully saturated rings. The van der Waals surface area contributed by atoms with E-state index in [0.717, 1.165) is 6.08 Å². The summed E-state index contributed by atoms with van der Waals surface area (Å²) < 4.78 is 34.7. The van der Waals surface area contributed by atoms with Gasteiger partial charge in [-0.15, -0.1) is 0 Å². The van der Waals surface area contributed by atoms with Gasteiger partial charge in [0.1, 0.15) is 0 Å². The van der Waals surface area contributed by atoms with Gasteiger partial charge in [-0.2, -0.15) is 8.42 Å². The Kier molecular flexibility index (Phi) is 5.63. The van der Waals surface area contributed by atoms with Crippen LogP contribution in [0, 0.1) is 0 Å². The molecule has 0 aliphatic rings. The quantitative estimate of drug-likeness (QED) is 0.227. The topological polar surface area (TPSA) is 80.7 Å². The van der Waals surface area contributed by atoms with Crippen LogP contribution in [0.2, 0.25) is 0 Å². The Labute approximate surface area is 95.8 Å². The summed E-state index contributed by atoms with van der Waals surface area (Å²) in [6.45, 7) is 3.87. The van der Waals surface area contributed by atoms with Crippen LogP contribution >= 0.6 is 0 Å². The van der Waals surface area contributed by atoms with E-state index in [1.807, 2.05) is 0 Å². The standard InChI is InChI=1S/C9H17NO5S/c1-4-9(11)15-8-10(2,3)6-5-7-16(12,13)14/h4H,1,5-8H2,2-3H3/p+1. The molecule has 0 unspecified atom stereocenters. The third-order valence-corrected chi connectivity index (χ3v) is 2.69. The lowest BCUT2D eigenvalue weighted by molar-refractivity contribution is -0.907. The number of hydrogen-bond acceptors (Lipinski definition) is 4. The third-order valence-electron chi connectivity index (χ3n) is 1.89. The average molecular weight is 252 g/mol. The lowest BCUT2D eigenvalue weighted by Crippen LogP contribution is -2.43. The fourth-order valence-corrected chi connectivity index (χ4v) is 1.53. The Morgan fingerprint density at radius 2 is 2.06 bits per heavy atom. The van der Waals surface area contributed by atoms with Crippen LogP contribution < -0.4 is 0 Å². The zero-order valence-electron chi connectivity index (χ0n) is 9.55. The maximum atomic E-state index is 10.8. The van der Waals surface area contributed by atoms with E-state index >= 15 is 0 Å². The van der Waals surface area contributed by atoms with Gasteiger partial charge < -0.3 is 4.74 Å². The van der Waals surface area contributed by atoms with Crippen molar-refractivity contribution in [3.05, 3.63) is 12.7 Å². The number of rotatable bonds is 7. The number of carbonyl (C=O) groups excluding carboxylic acids is 1. The molecule has 0 spiro atoms. The number of carbonyl (C=O) groups is 1. The lowest BCUT2D eigenvalue weighted by Gasteiger charge is -2.28. The molecule has 0 aromatic rings. The van der Waals surface area contributed by atoms with Crippen molar-refractivity contribution in [3.63, 3.8) is 0 Å². The molecule has 0 saturated heterocycles. The number of nitrogens with zero attached hydrogens (tertiary/aromatic N) is 1. The highest BCUT2D eigenvalue weighted by molar-refractivity contribution is 7.85. The Bertz CT molecular complexity index is 347. The summed E-state index contributed by atoms with van der Waals surface area (Å²) in [5.41, 5.74) is 0. The maximum absolute atomic E-state index is 10.8. The molecule has 0 saturated carbocycles. The molecule has 7 heteroatoms. The summed E-state index contributed by atoms with van der Waals surface area (Å²) in [4.78, 5) is 10.8. The highest BCUT2D eigenvalue weighted by Gasteiger charge is 2.18. The highest BCUT2D eigenvalue weighted by Crippen LogP contribution is 2.01. The second-order valence-corrected chi connectivity index (χ2v) is 5.67. The third kappa shape index (κ3) is 8.39. The summed E-state index contributed by atoms with van der Waals surface area (Å²) in [5, 5.41) is 0. The first-order valence-electron chi connectivity index (χ1n) is 4.73. The molecule has 94 valence electrons. The van der Waals surface area contributed by atoms with Crippen LogP contribution in [0.5, 0.6) is 0 Å². The Morgan fingerprint density at radius 3 is 2.50 bits per heavy atom. The van der Waals surface area contributed by atoms with E-state index in [-0.39, 0.29) is 12.5 Å². The van der Waals surface area contributed by atoms with Crippen molar-refractivity contribution in [2.24, 2.45) is 0 Å². The number of esters is 1. The first-order valence-corrected chi connectivity index (χ1v) is 6.33. The normalized spacial score (nSPS) is 12.2. The smallest absolute Gasteiger partial charge is 0.334 e. The fourth-order valence-electron chi connectivity index (χ4n) is 1.04. The van der Waals surface area contributed by atoms with Crippen molar-refractivity contribution in [2.75, 3.05) is 33.1 Å².